The number of nitrogens with one attached hydrogen (secondary N) is 2. The number of carbonyl (C=O) groups is 3. The van der Waals surface area contributed by atoms with Gasteiger partial charge in [-0.1, -0.05) is 6.92 Å². The number of carbonyl (C=O) groups excluding carboxylic acids is 3. The third-order valence-electron chi connectivity index (χ3n) is 2.12. The SMILES string of the molecule is CCC(=O)NC(CCCCN)C(=O)NC=O. The van der Waals surface area contributed by atoms with E-state index in [1.807, 2.05) is 5.32 Å². The van der Waals surface area contributed by atoms with Gasteiger partial charge in [0.15, 0.2) is 0 Å². The fourth-order valence-electron chi connectivity index (χ4n) is 1.22. The van der Waals surface area contributed by atoms with E-state index in [4.69, 9.17) is 5.73 Å². The second-order valence-corrected chi connectivity index (χ2v) is 3.38. The molecule has 4 N–H and O–H groups in total. The van der Waals surface area contributed by atoms with Gasteiger partial charge < -0.3 is 11.1 Å². The van der Waals surface area contributed by atoms with Crippen LogP contribution in [-0.4, -0.2) is 30.8 Å². The van der Waals surface area contributed by atoms with Crippen LogP contribution in [0.4, 0.5) is 0 Å². The molecular formula is C10H19N3O3. The molecule has 6 nitrogen and oxygen atoms in total. The summed E-state index contributed by atoms with van der Waals surface area (Å²) < 4.78 is 0. The van der Waals surface area contributed by atoms with Gasteiger partial charge in [0.25, 0.3) is 0 Å². The van der Waals surface area contributed by atoms with Gasteiger partial charge in [0.05, 0.1) is 0 Å². The van der Waals surface area contributed by atoms with Gasteiger partial charge >= 0.3 is 0 Å². The zero-order valence-corrected chi connectivity index (χ0v) is 9.49. The van der Waals surface area contributed by atoms with Crippen LogP contribution < -0.4 is 16.4 Å². The van der Waals surface area contributed by atoms with E-state index in [0.717, 1.165) is 12.8 Å². The average Bonchev–Trinajstić information content (AvgIpc) is 2.28. The molecule has 3 amide bonds. The number of hydrogen-bond donors (Lipinski definition) is 3. The summed E-state index contributed by atoms with van der Waals surface area (Å²) in [6.07, 6.45) is 2.63. The van der Waals surface area contributed by atoms with Crippen LogP contribution in [0.15, 0.2) is 0 Å². The van der Waals surface area contributed by atoms with Crippen molar-refractivity contribution in [2.24, 2.45) is 5.73 Å². The first kappa shape index (κ1) is 14.6. The van der Waals surface area contributed by atoms with Crippen LogP contribution in [0, 0.1) is 0 Å². The fourth-order valence-corrected chi connectivity index (χ4v) is 1.22. The quantitative estimate of drug-likeness (QED) is 0.378. The molecule has 0 fully saturated rings. The van der Waals surface area contributed by atoms with E-state index >= 15 is 0 Å². The van der Waals surface area contributed by atoms with Crippen LogP contribution in [0.2, 0.25) is 0 Å². The van der Waals surface area contributed by atoms with Crippen LogP contribution in [0.25, 0.3) is 0 Å². The molecule has 92 valence electrons. The van der Waals surface area contributed by atoms with E-state index < -0.39 is 11.9 Å². The van der Waals surface area contributed by atoms with Crippen LogP contribution in [0.5, 0.6) is 0 Å². The minimum atomic E-state index is -0.649. The van der Waals surface area contributed by atoms with Crippen molar-refractivity contribution in [2.75, 3.05) is 6.54 Å². The number of imide groups is 1. The van der Waals surface area contributed by atoms with Crippen LogP contribution in [0.1, 0.15) is 32.6 Å². The summed E-state index contributed by atoms with van der Waals surface area (Å²) in [5, 5.41) is 4.60. The van der Waals surface area contributed by atoms with E-state index in [1.54, 1.807) is 6.92 Å². The molecule has 6 heteroatoms. The van der Waals surface area contributed by atoms with Gasteiger partial charge in [0, 0.05) is 6.42 Å². The smallest absolute Gasteiger partial charge is 0.248 e. The minimum absolute atomic E-state index is 0.209. The molecule has 0 aliphatic heterocycles. The van der Waals surface area contributed by atoms with Gasteiger partial charge in [-0.05, 0) is 25.8 Å². The zero-order chi connectivity index (χ0) is 12.4. The van der Waals surface area contributed by atoms with E-state index in [0.29, 0.717) is 25.8 Å². The monoisotopic (exact) mass is 229 g/mol. The lowest BCUT2D eigenvalue weighted by Gasteiger charge is -2.16. The summed E-state index contributed by atoms with van der Waals surface area (Å²) in [4.78, 5) is 32.7. The first-order valence-electron chi connectivity index (χ1n) is 5.39. The maximum Gasteiger partial charge on any atom is 0.248 e. The molecule has 0 saturated carbocycles. The lowest BCUT2D eigenvalue weighted by Crippen LogP contribution is -2.46. The highest BCUT2D eigenvalue weighted by atomic mass is 16.2. The van der Waals surface area contributed by atoms with Crippen molar-refractivity contribution >= 4 is 18.2 Å². The molecule has 0 bridgehead atoms. The van der Waals surface area contributed by atoms with Crippen molar-refractivity contribution in [3.05, 3.63) is 0 Å². The van der Waals surface area contributed by atoms with Crippen molar-refractivity contribution < 1.29 is 14.4 Å². The van der Waals surface area contributed by atoms with Crippen molar-refractivity contribution in [3.63, 3.8) is 0 Å². The fraction of sp³-hybridized carbons (Fsp3) is 0.700. The lowest BCUT2D eigenvalue weighted by atomic mass is 10.1. The van der Waals surface area contributed by atoms with Crippen molar-refractivity contribution in [1.82, 2.24) is 10.6 Å². The zero-order valence-electron chi connectivity index (χ0n) is 9.49. The number of amides is 3. The standard InChI is InChI=1S/C10H19N3O3/c1-2-9(15)13-8(5-3-4-6-11)10(16)12-7-14/h7-8H,2-6,11H2,1H3,(H,13,15)(H,12,14,16). The number of hydrogen-bond acceptors (Lipinski definition) is 4. The van der Waals surface area contributed by atoms with Gasteiger partial charge in [-0.2, -0.15) is 0 Å². The minimum Gasteiger partial charge on any atom is -0.344 e. The molecule has 1 atom stereocenters. The highest BCUT2D eigenvalue weighted by Gasteiger charge is 2.18. The Morgan fingerprint density at radius 1 is 1.38 bits per heavy atom. The third kappa shape index (κ3) is 6.13. The average molecular weight is 229 g/mol. The van der Waals surface area contributed by atoms with E-state index in [-0.39, 0.29) is 5.91 Å². The maximum atomic E-state index is 11.4. The molecule has 0 aromatic carbocycles. The van der Waals surface area contributed by atoms with Crippen LogP contribution in [0.3, 0.4) is 0 Å². The number of nitrogens with two attached hydrogens (primary N) is 1. The topological polar surface area (TPSA) is 101 Å². The Hall–Kier alpha value is -1.43. The van der Waals surface area contributed by atoms with E-state index in [2.05, 4.69) is 5.32 Å². The molecule has 16 heavy (non-hydrogen) atoms. The predicted octanol–water partition coefficient (Wildman–Crippen LogP) is -0.717. The van der Waals surface area contributed by atoms with Gasteiger partial charge in [0.1, 0.15) is 6.04 Å². The summed E-state index contributed by atoms with van der Waals surface area (Å²) in [5.41, 5.74) is 5.33. The molecule has 0 heterocycles. The first-order chi connectivity index (χ1) is 7.65. The molecule has 0 aromatic rings. The van der Waals surface area contributed by atoms with Gasteiger partial charge in [-0.15, -0.1) is 0 Å². The van der Waals surface area contributed by atoms with Crippen molar-refractivity contribution in [1.29, 1.82) is 0 Å². The first-order valence-corrected chi connectivity index (χ1v) is 5.39. The summed E-state index contributed by atoms with van der Waals surface area (Å²) >= 11 is 0. The molecule has 0 aliphatic rings. The number of rotatable bonds is 8. The summed E-state index contributed by atoms with van der Waals surface area (Å²) in [5.74, 6) is -0.687. The Balaban J connectivity index is 4.19. The Morgan fingerprint density at radius 2 is 2.06 bits per heavy atom. The Labute approximate surface area is 94.9 Å². The van der Waals surface area contributed by atoms with Crippen LogP contribution in [-0.2, 0) is 14.4 Å². The van der Waals surface area contributed by atoms with Gasteiger partial charge in [0.2, 0.25) is 18.2 Å². The molecule has 0 rings (SSSR count). The normalized spacial score (nSPS) is 11.6. The molecule has 0 aliphatic carbocycles. The second-order valence-electron chi connectivity index (χ2n) is 3.38. The molecular weight excluding hydrogens is 210 g/mol. The van der Waals surface area contributed by atoms with E-state index in [1.165, 1.54) is 0 Å². The van der Waals surface area contributed by atoms with Crippen LogP contribution >= 0.6 is 0 Å². The summed E-state index contributed by atoms with van der Waals surface area (Å²) in [7, 11) is 0. The van der Waals surface area contributed by atoms with Gasteiger partial charge in [-0.3, -0.25) is 19.7 Å². The highest BCUT2D eigenvalue weighted by molar-refractivity contribution is 5.92. The Morgan fingerprint density at radius 3 is 2.56 bits per heavy atom. The second kappa shape index (κ2) is 8.84. The third-order valence-corrected chi connectivity index (χ3v) is 2.12. The Kier molecular flexibility index (Phi) is 8.05. The van der Waals surface area contributed by atoms with Crippen molar-refractivity contribution in [2.45, 2.75) is 38.6 Å². The summed E-state index contributed by atoms with van der Waals surface area (Å²) in [6.45, 7) is 2.24. The molecule has 0 saturated heterocycles. The molecule has 0 aromatic heterocycles. The molecule has 1 unspecified atom stereocenters. The Bertz CT molecular complexity index is 243. The van der Waals surface area contributed by atoms with Crippen molar-refractivity contribution in [3.8, 4) is 0 Å². The lowest BCUT2D eigenvalue weighted by molar-refractivity contribution is -0.131. The molecule has 0 spiro atoms. The summed E-state index contributed by atoms with van der Waals surface area (Å²) in [6, 6.07) is -0.649. The highest BCUT2D eigenvalue weighted by Crippen LogP contribution is 2.01. The largest absolute Gasteiger partial charge is 0.344 e. The van der Waals surface area contributed by atoms with E-state index in [9.17, 15) is 14.4 Å². The maximum absolute atomic E-state index is 11.4. The number of unbranched alkanes of at least 4 members (excludes halogenated alkanes) is 1. The van der Waals surface area contributed by atoms with Gasteiger partial charge in [-0.25, -0.2) is 0 Å². The predicted molar refractivity (Wildman–Crippen MR) is 59.3 cm³/mol. The molecule has 0 radical (unpaired) electrons.